The summed E-state index contributed by atoms with van der Waals surface area (Å²) in [6.45, 7) is 56.7. The molecule has 2 nitrogen and oxygen atoms in total. The Bertz CT molecular complexity index is 3480. The standard InChI is InChI=1S/C22H22.C20H20N2.C16H18.C11H12.C11H16.C9H16.C4H10/c1-17(2)5-7-19-9-13-21(14-10-19)22-15-11-20(12-16-22)8-6-18(3)4;1-15(2)5-7-17-9-11-19(21-13-17)20-12-10-18(14-22-20)8-6-16(3)4;1-13(2)5-7-15-9-11-16(12-10-15)8-6-14(3)4;1-10(2)8-9-11-6-4-3-5-7-11;1-10(2)8-6-7-9-11(3,4)5;1-8(2)6-7-9(3,4)5;1-4(2)3/h9-18H,1-4H3;9-16H,1-4H3;9-14H,1-4H3;3-7,10H,1-2H3;10H,1-5H3;8H,1-5H3;4H,1-3H3. The predicted molar refractivity (Wildman–Crippen MR) is 417 cm³/mol. The van der Waals surface area contributed by atoms with Crippen molar-refractivity contribution in [3.63, 3.8) is 0 Å². The molecule has 6 rings (SSSR count). The van der Waals surface area contributed by atoms with Crippen molar-refractivity contribution in [3.8, 4) is 141 Å². The average molecular weight is 1260 g/mol. The van der Waals surface area contributed by atoms with Gasteiger partial charge in [-0.2, -0.15) is 0 Å². The zero-order chi connectivity index (χ0) is 71.9. The van der Waals surface area contributed by atoms with Crippen LogP contribution >= 0.6 is 0 Å². The second kappa shape index (κ2) is 48.5. The summed E-state index contributed by atoms with van der Waals surface area (Å²) < 4.78 is 0. The summed E-state index contributed by atoms with van der Waals surface area (Å²) in [6, 6.07) is 42.8. The third kappa shape index (κ3) is 51.9. The summed E-state index contributed by atoms with van der Waals surface area (Å²) in [5.41, 5.74) is 11.6. The first kappa shape index (κ1) is 85.8. The lowest BCUT2D eigenvalue weighted by atomic mass is 9.97. The van der Waals surface area contributed by atoms with Crippen LogP contribution in [0, 0.1) is 188 Å². The van der Waals surface area contributed by atoms with Crippen LogP contribution in [0.1, 0.15) is 226 Å². The highest BCUT2D eigenvalue weighted by atomic mass is 14.8. The summed E-state index contributed by atoms with van der Waals surface area (Å²) in [6.07, 6.45) is 3.58. The van der Waals surface area contributed by atoms with Gasteiger partial charge in [-0.25, -0.2) is 0 Å². The summed E-state index contributed by atoms with van der Waals surface area (Å²) in [5.74, 6) is 66.6. The van der Waals surface area contributed by atoms with Gasteiger partial charge in [0.1, 0.15) is 0 Å². The topological polar surface area (TPSA) is 25.8 Å². The molecule has 4 aromatic carbocycles. The van der Waals surface area contributed by atoms with E-state index in [1.165, 1.54) is 11.1 Å². The van der Waals surface area contributed by atoms with Crippen LogP contribution in [-0.2, 0) is 0 Å². The maximum absolute atomic E-state index is 4.43. The van der Waals surface area contributed by atoms with E-state index in [2.05, 4.69) is 364 Å². The lowest BCUT2D eigenvalue weighted by Gasteiger charge is -2.07. The Hall–Kier alpha value is -9.22. The Balaban J connectivity index is 0.00000114. The first-order valence-corrected chi connectivity index (χ1v) is 34.0. The van der Waals surface area contributed by atoms with Crippen LogP contribution in [0.5, 0.6) is 0 Å². The van der Waals surface area contributed by atoms with Crippen LogP contribution in [-0.4, -0.2) is 9.97 Å². The molecule has 0 aliphatic carbocycles. The Kier molecular flexibility index (Phi) is 43.8. The number of benzene rings is 4. The van der Waals surface area contributed by atoms with Crippen LogP contribution < -0.4 is 0 Å². The van der Waals surface area contributed by atoms with Crippen molar-refractivity contribution >= 4 is 0 Å². The van der Waals surface area contributed by atoms with E-state index in [1.54, 1.807) is 12.4 Å². The Labute approximate surface area is 583 Å². The zero-order valence-corrected chi connectivity index (χ0v) is 63.4. The molecule has 0 radical (unpaired) electrons. The molecule has 496 valence electrons. The van der Waals surface area contributed by atoms with E-state index in [4.69, 9.17) is 0 Å². The maximum atomic E-state index is 4.43. The third-order valence-electron chi connectivity index (χ3n) is 10.7. The molecule has 0 aliphatic heterocycles. The molecule has 0 unspecified atom stereocenters. The summed E-state index contributed by atoms with van der Waals surface area (Å²) in [7, 11) is 0. The molecule has 0 saturated carbocycles. The molecule has 0 saturated heterocycles. The highest BCUT2D eigenvalue weighted by Gasteiger charge is 2.05. The molecule has 0 fully saturated rings. The van der Waals surface area contributed by atoms with E-state index in [9.17, 15) is 0 Å². The van der Waals surface area contributed by atoms with Crippen LogP contribution in [0.4, 0.5) is 0 Å². The molecule has 0 aliphatic rings. The van der Waals surface area contributed by atoms with Crippen molar-refractivity contribution < 1.29 is 0 Å². The lowest BCUT2D eigenvalue weighted by Crippen LogP contribution is -1.99. The first-order valence-electron chi connectivity index (χ1n) is 34.0. The first-order chi connectivity index (χ1) is 44.5. The smallest absolute Gasteiger partial charge is 0.0887 e. The van der Waals surface area contributed by atoms with Crippen molar-refractivity contribution in [2.45, 2.75) is 187 Å². The molecule has 2 aromatic heterocycles. The molecule has 2 heterocycles. The number of hydrogen-bond acceptors (Lipinski definition) is 2. The van der Waals surface area contributed by atoms with Gasteiger partial charge >= 0.3 is 0 Å². The number of nitrogens with zero attached hydrogens (tertiary/aromatic N) is 2. The molecule has 0 atom stereocenters. The van der Waals surface area contributed by atoms with E-state index in [-0.39, 0.29) is 10.8 Å². The number of aromatic nitrogens is 2. The summed E-state index contributed by atoms with van der Waals surface area (Å²) in [4.78, 5) is 8.86. The van der Waals surface area contributed by atoms with Gasteiger partial charge in [0.05, 0.1) is 11.4 Å². The fraction of sp³-hybridized carbons (Fsp3) is 0.419. The fourth-order valence-corrected chi connectivity index (χ4v) is 6.24. The van der Waals surface area contributed by atoms with Crippen LogP contribution in [0.3, 0.4) is 0 Å². The highest BCUT2D eigenvalue weighted by molar-refractivity contribution is 5.65. The minimum atomic E-state index is 0.0751. The number of pyridine rings is 2. The van der Waals surface area contributed by atoms with Gasteiger partial charge in [0, 0.05) is 115 Å². The van der Waals surface area contributed by atoms with E-state index in [1.807, 2.05) is 78.9 Å². The van der Waals surface area contributed by atoms with Gasteiger partial charge < -0.3 is 0 Å². The molecule has 2 heteroatoms. The third-order valence-corrected chi connectivity index (χ3v) is 10.7. The van der Waals surface area contributed by atoms with E-state index in [0.29, 0.717) is 53.3 Å². The average Bonchev–Trinajstić information content (AvgIpc) is 0.936. The minimum absolute atomic E-state index is 0.0751. The van der Waals surface area contributed by atoms with Gasteiger partial charge in [-0.15, -0.1) is 0 Å². The minimum Gasteiger partial charge on any atom is -0.253 e. The van der Waals surface area contributed by atoms with Crippen LogP contribution in [0.2, 0.25) is 0 Å². The van der Waals surface area contributed by atoms with E-state index in [0.717, 1.165) is 56.2 Å². The Morgan fingerprint density at radius 2 is 0.474 bits per heavy atom. The molecule has 6 aromatic rings. The lowest BCUT2D eigenvalue weighted by molar-refractivity contribution is 0.568. The summed E-state index contributed by atoms with van der Waals surface area (Å²) in [5, 5.41) is 0. The van der Waals surface area contributed by atoms with Gasteiger partial charge in [0.2, 0.25) is 0 Å². The molecule has 0 N–H and O–H groups in total. The normalized spacial score (nSPS) is 9.74. The summed E-state index contributed by atoms with van der Waals surface area (Å²) >= 11 is 0. The highest BCUT2D eigenvalue weighted by Crippen LogP contribution is 2.21. The van der Waals surface area contributed by atoms with Crippen molar-refractivity contribution in [1.82, 2.24) is 9.97 Å². The second-order valence-electron chi connectivity index (χ2n) is 28.3. The molecule has 0 bridgehead atoms. The number of rotatable bonds is 2. The fourth-order valence-electron chi connectivity index (χ4n) is 6.24. The predicted octanol–water partition coefficient (Wildman–Crippen LogP) is 23.0. The van der Waals surface area contributed by atoms with Gasteiger partial charge in [-0.3, -0.25) is 9.97 Å². The van der Waals surface area contributed by atoms with Crippen LogP contribution in [0.25, 0.3) is 22.5 Å². The molecule has 95 heavy (non-hydrogen) atoms. The SMILES string of the molecule is CC(C)C.CC(C)C#CC#CC(C)(C)C.CC(C)C#CC(C)(C)C.CC(C)C#Cc1ccc(-c2ccc(C#CC(C)C)cc2)cc1.CC(C)C#Cc1ccc(-c2ccc(C#CC(C)C)cn2)nc1.CC(C)C#Cc1ccc(C#CC(C)C)cc1.CC(C)C#Cc1ccccc1. The van der Waals surface area contributed by atoms with Crippen molar-refractivity contribution in [2.24, 2.45) is 70.0 Å². The van der Waals surface area contributed by atoms with Crippen LogP contribution in [0.15, 0.2) is 140 Å². The molecular weight excluding hydrogens is 1150 g/mol. The molecular formula is C93H114N2. The maximum Gasteiger partial charge on any atom is 0.0887 e. The van der Waals surface area contributed by atoms with Gasteiger partial charge in [0.25, 0.3) is 0 Å². The molecule has 0 amide bonds. The number of hydrogen-bond donors (Lipinski definition) is 0. The van der Waals surface area contributed by atoms with E-state index < -0.39 is 0 Å². The molecule has 0 spiro atoms. The second-order valence-corrected chi connectivity index (χ2v) is 28.3. The van der Waals surface area contributed by atoms with Crippen molar-refractivity contribution in [1.29, 1.82) is 0 Å². The van der Waals surface area contributed by atoms with Crippen molar-refractivity contribution in [2.75, 3.05) is 0 Å². The van der Waals surface area contributed by atoms with Gasteiger partial charge in [-0.05, 0) is 155 Å². The van der Waals surface area contributed by atoms with Gasteiger partial charge in [0.15, 0.2) is 0 Å². The van der Waals surface area contributed by atoms with E-state index >= 15 is 0 Å². The largest absolute Gasteiger partial charge is 0.253 e. The zero-order valence-electron chi connectivity index (χ0n) is 63.4. The Morgan fingerprint density at radius 1 is 0.242 bits per heavy atom. The monoisotopic (exact) mass is 1260 g/mol. The quantitative estimate of drug-likeness (QED) is 0.162. The Morgan fingerprint density at radius 3 is 0.695 bits per heavy atom. The van der Waals surface area contributed by atoms with Crippen molar-refractivity contribution in [3.05, 3.63) is 179 Å². The van der Waals surface area contributed by atoms with Gasteiger partial charge in [-0.1, -0.05) is 294 Å².